The molecule has 0 aliphatic carbocycles. The summed E-state index contributed by atoms with van der Waals surface area (Å²) >= 11 is 0. The van der Waals surface area contributed by atoms with Crippen molar-refractivity contribution >= 4 is 5.91 Å². The van der Waals surface area contributed by atoms with Gasteiger partial charge in [-0.1, -0.05) is 6.92 Å². The highest BCUT2D eigenvalue weighted by Gasteiger charge is 2.46. The van der Waals surface area contributed by atoms with E-state index in [1.54, 1.807) is 12.4 Å². The third-order valence-corrected chi connectivity index (χ3v) is 4.07. The summed E-state index contributed by atoms with van der Waals surface area (Å²) in [6.45, 7) is 7.29. The van der Waals surface area contributed by atoms with E-state index >= 15 is 0 Å². The number of amides is 1. The number of aromatic nitrogens is 1. The maximum Gasteiger partial charge on any atom is 0.256 e. The molecule has 3 aliphatic heterocycles. The molecule has 1 aromatic heterocycles. The van der Waals surface area contributed by atoms with E-state index in [2.05, 4.69) is 21.7 Å². The van der Waals surface area contributed by atoms with Crippen LogP contribution in [0.2, 0.25) is 0 Å². The van der Waals surface area contributed by atoms with E-state index < -0.39 is 0 Å². The van der Waals surface area contributed by atoms with Crippen molar-refractivity contribution in [2.75, 3.05) is 19.6 Å². The normalized spacial score (nSPS) is 26.9. The lowest BCUT2D eigenvalue weighted by Gasteiger charge is -2.56. The van der Waals surface area contributed by atoms with Gasteiger partial charge in [0.25, 0.3) is 5.91 Å². The van der Waals surface area contributed by atoms with Crippen molar-refractivity contribution in [1.82, 2.24) is 14.8 Å². The van der Waals surface area contributed by atoms with E-state index in [1.165, 1.54) is 6.42 Å². The second-order valence-electron chi connectivity index (χ2n) is 5.36. The van der Waals surface area contributed by atoms with Gasteiger partial charge in [-0.3, -0.25) is 14.7 Å². The molecular weight excluding hydrogens is 226 g/mol. The number of fused-ring (bicyclic) bond motifs is 2. The van der Waals surface area contributed by atoms with Crippen LogP contribution in [0.25, 0.3) is 0 Å². The Bertz CT molecular complexity index is 462. The molecule has 0 radical (unpaired) electrons. The Morgan fingerprint density at radius 2 is 2.11 bits per heavy atom. The molecule has 0 spiro atoms. The van der Waals surface area contributed by atoms with E-state index in [4.69, 9.17) is 0 Å². The number of hydrogen-bond donors (Lipinski definition) is 0. The van der Waals surface area contributed by atoms with Gasteiger partial charge in [0.15, 0.2) is 0 Å². The fourth-order valence-corrected chi connectivity index (χ4v) is 3.11. The smallest absolute Gasteiger partial charge is 0.256 e. The Morgan fingerprint density at radius 3 is 2.72 bits per heavy atom. The minimum Gasteiger partial charge on any atom is -0.330 e. The van der Waals surface area contributed by atoms with Gasteiger partial charge in [0, 0.05) is 37.6 Å². The second-order valence-corrected chi connectivity index (χ2v) is 5.36. The predicted molar refractivity (Wildman–Crippen MR) is 69.5 cm³/mol. The first-order valence-electron chi connectivity index (χ1n) is 6.65. The molecule has 3 saturated heterocycles. The molecule has 3 aliphatic rings. The molecule has 1 amide bonds. The number of nitrogens with zero attached hydrogens (tertiary/aromatic N) is 3. The zero-order valence-electron chi connectivity index (χ0n) is 11.0. The van der Waals surface area contributed by atoms with Crippen LogP contribution in [0.3, 0.4) is 0 Å². The van der Waals surface area contributed by atoms with E-state index in [0.717, 1.165) is 30.8 Å². The number of hydrogen-bond acceptors (Lipinski definition) is 3. The largest absolute Gasteiger partial charge is 0.330 e. The van der Waals surface area contributed by atoms with Crippen LogP contribution in [-0.4, -0.2) is 52.4 Å². The van der Waals surface area contributed by atoms with Crippen LogP contribution in [-0.2, 0) is 0 Å². The SMILES string of the molecule is CCN1CC2CC(C1)N2C(=O)c1cncc(C)c1. The van der Waals surface area contributed by atoms with E-state index in [-0.39, 0.29) is 5.91 Å². The molecule has 18 heavy (non-hydrogen) atoms. The van der Waals surface area contributed by atoms with Crippen LogP contribution < -0.4 is 0 Å². The Hall–Kier alpha value is -1.42. The van der Waals surface area contributed by atoms with E-state index in [9.17, 15) is 4.79 Å². The molecule has 96 valence electrons. The number of carbonyl (C=O) groups is 1. The van der Waals surface area contributed by atoms with Gasteiger partial charge >= 0.3 is 0 Å². The van der Waals surface area contributed by atoms with Crippen LogP contribution >= 0.6 is 0 Å². The Morgan fingerprint density at radius 1 is 1.39 bits per heavy atom. The van der Waals surface area contributed by atoms with Gasteiger partial charge in [0.05, 0.1) is 5.56 Å². The van der Waals surface area contributed by atoms with Crippen molar-refractivity contribution in [3.8, 4) is 0 Å². The highest BCUT2D eigenvalue weighted by Crippen LogP contribution is 2.33. The predicted octanol–water partition coefficient (Wildman–Crippen LogP) is 1.31. The summed E-state index contributed by atoms with van der Waals surface area (Å²) in [7, 11) is 0. The van der Waals surface area contributed by atoms with Crippen molar-refractivity contribution in [3.63, 3.8) is 0 Å². The van der Waals surface area contributed by atoms with Gasteiger partial charge in [-0.2, -0.15) is 0 Å². The molecule has 1 aromatic rings. The van der Waals surface area contributed by atoms with Gasteiger partial charge in [-0.25, -0.2) is 0 Å². The molecule has 2 bridgehead atoms. The van der Waals surface area contributed by atoms with Gasteiger partial charge in [-0.15, -0.1) is 0 Å². The molecule has 4 heteroatoms. The minimum absolute atomic E-state index is 0.156. The molecule has 4 nitrogen and oxygen atoms in total. The number of carbonyl (C=O) groups excluding carboxylic acids is 1. The van der Waals surface area contributed by atoms with Crippen LogP contribution in [0.4, 0.5) is 0 Å². The lowest BCUT2D eigenvalue weighted by atomic mass is 9.86. The van der Waals surface area contributed by atoms with Gasteiger partial charge in [0.1, 0.15) is 0 Å². The highest BCUT2D eigenvalue weighted by molar-refractivity contribution is 5.95. The topological polar surface area (TPSA) is 36.4 Å². The minimum atomic E-state index is 0.156. The summed E-state index contributed by atoms with van der Waals surface area (Å²) in [6.07, 6.45) is 4.63. The summed E-state index contributed by atoms with van der Waals surface area (Å²) in [5.74, 6) is 0.156. The third-order valence-electron chi connectivity index (χ3n) is 4.07. The molecule has 2 atom stereocenters. The van der Waals surface area contributed by atoms with Crippen LogP contribution in [0.1, 0.15) is 29.3 Å². The van der Waals surface area contributed by atoms with Crippen LogP contribution in [0.5, 0.6) is 0 Å². The average Bonchev–Trinajstić information content (AvgIpc) is 2.38. The summed E-state index contributed by atoms with van der Waals surface area (Å²) in [5, 5.41) is 0. The lowest BCUT2D eigenvalue weighted by Crippen LogP contribution is -2.70. The standard InChI is InChI=1S/C14H19N3O/c1-3-16-8-12-5-13(9-16)17(12)14(18)11-4-10(2)6-15-7-11/h4,6-7,12-13H,3,5,8-9H2,1-2H3. The molecule has 2 unspecified atom stereocenters. The van der Waals surface area contributed by atoms with E-state index in [1.807, 2.05) is 13.0 Å². The van der Waals surface area contributed by atoms with Crippen LogP contribution in [0.15, 0.2) is 18.5 Å². The first kappa shape index (κ1) is 11.7. The van der Waals surface area contributed by atoms with Crippen molar-refractivity contribution < 1.29 is 4.79 Å². The van der Waals surface area contributed by atoms with Gasteiger partial charge in [-0.05, 0) is 31.5 Å². The number of likely N-dealkylation sites (N-methyl/N-ethyl adjacent to an activating group) is 1. The highest BCUT2D eigenvalue weighted by atomic mass is 16.2. The number of piperidine rings is 1. The molecule has 4 rings (SSSR count). The number of pyridine rings is 1. The zero-order valence-corrected chi connectivity index (χ0v) is 11.0. The monoisotopic (exact) mass is 245 g/mol. The first-order valence-corrected chi connectivity index (χ1v) is 6.65. The summed E-state index contributed by atoms with van der Waals surface area (Å²) in [5.41, 5.74) is 1.77. The third kappa shape index (κ3) is 1.81. The van der Waals surface area contributed by atoms with Crippen molar-refractivity contribution in [1.29, 1.82) is 0 Å². The molecule has 0 aromatic carbocycles. The Kier molecular flexibility index (Phi) is 2.82. The maximum atomic E-state index is 12.5. The summed E-state index contributed by atoms with van der Waals surface area (Å²) < 4.78 is 0. The number of rotatable bonds is 2. The van der Waals surface area contributed by atoms with Gasteiger partial charge in [0.2, 0.25) is 0 Å². The van der Waals surface area contributed by atoms with Crippen LogP contribution in [0, 0.1) is 6.92 Å². The van der Waals surface area contributed by atoms with Crippen molar-refractivity contribution in [3.05, 3.63) is 29.6 Å². The fourth-order valence-electron chi connectivity index (χ4n) is 3.11. The molecule has 3 fully saturated rings. The Balaban J connectivity index is 1.76. The number of piperazine rings is 1. The maximum absolute atomic E-state index is 12.5. The fraction of sp³-hybridized carbons (Fsp3) is 0.571. The van der Waals surface area contributed by atoms with Crippen molar-refractivity contribution in [2.45, 2.75) is 32.4 Å². The molecular formula is C14H19N3O. The first-order chi connectivity index (χ1) is 8.69. The molecule has 0 saturated carbocycles. The van der Waals surface area contributed by atoms with E-state index in [0.29, 0.717) is 12.1 Å². The summed E-state index contributed by atoms with van der Waals surface area (Å²) in [4.78, 5) is 21.1. The van der Waals surface area contributed by atoms with Gasteiger partial charge < -0.3 is 4.90 Å². The Labute approximate surface area is 108 Å². The molecule has 4 heterocycles. The van der Waals surface area contributed by atoms with Crippen molar-refractivity contribution in [2.24, 2.45) is 0 Å². The number of aryl methyl sites for hydroxylation is 1. The molecule has 0 N–H and O–H groups in total. The zero-order chi connectivity index (χ0) is 12.7. The lowest BCUT2D eigenvalue weighted by molar-refractivity contribution is -0.0459. The average molecular weight is 245 g/mol. The quantitative estimate of drug-likeness (QED) is 0.788. The second kappa shape index (κ2) is 4.35. The summed E-state index contributed by atoms with van der Waals surface area (Å²) in [6, 6.07) is 2.76.